The Balaban J connectivity index is 1.83. The SMILES string of the molecule is CC(c1cc2ccccc2o1)N(C)S(=O)(=O)N1CCCCCC1. The molecule has 2 aromatic rings. The fraction of sp³-hybridized carbons (Fsp3) is 0.529. The van der Waals surface area contributed by atoms with E-state index in [4.69, 9.17) is 4.42 Å². The maximum atomic E-state index is 12.9. The number of furan rings is 1. The molecule has 6 heteroatoms. The van der Waals surface area contributed by atoms with E-state index in [1.165, 1.54) is 4.31 Å². The van der Waals surface area contributed by atoms with Crippen LogP contribution in [-0.2, 0) is 10.2 Å². The van der Waals surface area contributed by atoms with Crippen molar-refractivity contribution in [1.82, 2.24) is 8.61 Å². The molecule has 1 aromatic carbocycles. The Morgan fingerprint density at radius 2 is 1.78 bits per heavy atom. The Morgan fingerprint density at radius 1 is 1.13 bits per heavy atom. The summed E-state index contributed by atoms with van der Waals surface area (Å²) in [6, 6.07) is 9.32. The molecule has 1 aliphatic heterocycles. The number of fused-ring (bicyclic) bond motifs is 1. The maximum absolute atomic E-state index is 12.9. The van der Waals surface area contributed by atoms with Gasteiger partial charge in [-0.05, 0) is 31.9 Å². The van der Waals surface area contributed by atoms with E-state index in [0.29, 0.717) is 18.8 Å². The van der Waals surface area contributed by atoms with E-state index in [1.54, 1.807) is 11.4 Å². The molecular weight excluding hydrogens is 312 g/mol. The minimum absolute atomic E-state index is 0.337. The second kappa shape index (κ2) is 6.63. The van der Waals surface area contributed by atoms with E-state index in [-0.39, 0.29) is 6.04 Å². The van der Waals surface area contributed by atoms with Gasteiger partial charge in [0.1, 0.15) is 11.3 Å². The van der Waals surface area contributed by atoms with Crippen LogP contribution in [-0.4, -0.2) is 37.2 Å². The van der Waals surface area contributed by atoms with E-state index >= 15 is 0 Å². The summed E-state index contributed by atoms with van der Waals surface area (Å²) in [7, 11) is -1.83. The van der Waals surface area contributed by atoms with Crippen molar-refractivity contribution in [3.8, 4) is 0 Å². The average molecular weight is 336 g/mol. The van der Waals surface area contributed by atoms with E-state index < -0.39 is 10.2 Å². The topological polar surface area (TPSA) is 53.8 Å². The van der Waals surface area contributed by atoms with Crippen LogP contribution < -0.4 is 0 Å². The van der Waals surface area contributed by atoms with Crippen LogP contribution in [0.1, 0.15) is 44.4 Å². The van der Waals surface area contributed by atoms with Crippen molar-refractivity contribution in [3.05, 3.63) is 36.1 Å². The Bertz CT molecular complexity index is 728. The van der Waals surface area contributed by atoms with E-state index in [1.807, 2.05) is 37.3 Å². The predicted molar refractivity (Wildman–Crippen MR) is 91.4 cm³/mol. The molecular formula is C17H24N2O3S. The first-order valence-electron chi connectivity index (χ1n) is 8.22. The lowest BCUT2D eigenvalue weighted by Crippen LogP contribution is -2.43. The van der Waals surface area contributed by atoms with Crippen LogP contribution in [0.4, 0.5) is 0 Å². The number of para-hydroxylation sites is 1. The maximum Gasteiger partial charge on any atom is 0.282 e. The smallest absolute Gasteiger partial charge is 0.282 e. The van der Waals surface area contributed by atoms with Gasteiger partial charge in [-0.2, -0.15) is 17.0 Å². The molecule has 0 radical (unpaired) electrons. The van der Waals surface area contributed by atoms with Gasteiger partial charge in [0.05, 0.1) is 6.04 Å². The molecule has 126 valence electrons. The van der Waals surface area contributed by atoms with E-state index in [2.05, 4.69) is 0 Å². The third-order valence-electron chi connectivity index (χ3n) is 4.66. The third-order valence-corrected chi connectivity index (χ3v) is 6.72. The fourth-order valence-electron chi connectivity index (χ4n) is 3.04. The lowest BCUT2D eigenvalue weighted by molar-refractivity contribution is 0.307. The van der Waals surface area contributed by atoms with Gasteiger partial charge in [0.25, 0.3) is 10.2 Å². The molecule has 1 saturated heterocycles. The molecule has 0 saturated carbocycles. The molecule has 2 heterocycles. The zero-order chi connectivity index (χ0) is 16.4. The zero-order valence-electron chi connectivity index (χ0n) is 13.7. The third kappa shape index (κ3) is 3.29. The summed E-state index contributed by atoms with van der Waals surface area (Å²) in [6.07, 6.45) is 4.09. The van der Waals surface area contributed by atoms with Gasteiger partial charge in [-0.1, -0.05) is 31.0 Å². The van der Waals surface area contributed by atoms with Crippen molar-refractivity contribution in [2.45, 2.75) is 38.6 Å². The van der Waals surface area contributed by atoms with Crippen molar-refractivity contribution < 1.29 is 12.8 Å². The van der Waals surface area contributed by atoms with Crippen LogP contribution in [0.3, 0.4) is 0 Å². The monoisotopic (exact) mass is 336 g/mol. The second-order valence-corrected chi connectivity index (χ2v) is 8.19. The summed E-state index contributed by atoms with van der Waals surface area (Å²) in [5, 5.41) is 0.995. The Kier molecular flexibility index (Phi) is 4.75. The quantitative estimate of drug-likeness (QED) is 0.858. The summed E-state index contributed by atoms with van der Waals surface area (Å²) < 4.78 is 34.6. The largest absolute Gasteiger partial charge is 0.459 e. The first-order chi connectivity index (χ1) is 11.0. The van der Waals surface area contributed by atoms with Crippen LogP contribution in [0.5, 0.6) is 0 Å². The van der Waals surface area contributed by atoms with Gasteiger partial charge in [0.15, 0.2) is 0 Å². The summed E-state index contributed by atoms with van der Waals surface area (Å²) in [6.45, 7) is 3.09. The fourth-order valence-corrected chi connectivity index (χ4v) is 4.63. The van der Waals surface area contributed by atoms with Crippen LogP contribution in [0.2, 0.25) is 0 Å². The molecule has 0 spiro atoms. The molecule has 0 amide bonds. The summed E-state index contributed by atoms with van der Waals surface area (Å²) >= 11 is 0. The molecule has 1 atom stereocenters. The number of hydrogen-bond acceptors (Lipinski definition) is 3. The minimum atomic E-state index is -3.46. The average Bonchev–Trinajstić information content (AvgIpc) is 2.78. The van der Waals surface area contributed by atoms with Gasteiger partial charge in [-0.3, -0.25) is 0 Å². The first kappa shape index (κ1) is 16.5. The van der Waals surface area contributed by atoms with E-state index in [0.717, 1.165) is 36.7 Å². The molecule has 23 heavy (non-hydrogen) atoms. The van der Waals surface area contributed by atoms with Gasteiger partial charge < -0.3 is 4.42 Å². The minimum Gasteiger partial charge on any atom is -0.459 e. The number of nitrogens with zero attached hydrogens (tertiary/aromatic N) is 2. The molecule has 0 bridgehead atoms. The highest BCUT2D eigenvalue weighted by Crippen LogP contribution is 2.29. The highest BCUT2D eigenvalue weighted by atomic mass is 32.2. The first-order valence-corrected chi connectivity index (χ1v) is 9.61. The van der Waals surface area contributed by atoms with Crippen molar-refractivity contribution in [3.63, 3.8) is 0 Å². The molecule has 0 aliphatic carbocycles. The van der Waals surface area contributed by atoms with Gasteiger partial charge in [-0.15, -0.1) is 0 Å². The summed E-state index contributed by atoms with van der Waals surface area (Å²) in [4.78, 5) is 0. The van der Waals surface area contributed by atoms with Crippen LogP contribution in [0, 0.1) is 0 Å². The molecule has 1 aromatic heterocycles. The van der Waals surface area contributed by atoms with Gasteiger partial charge >= 0.3 is 0 Å². The normalized spacial score (nSPS) is 19.1. The Labute approximate surface area is 138 Å². The van der Waals surface area contributed by atoms with Gasteiger partial charge in [-0.25, -0.2) is 0 Å². The molecule has 1 unspecified atom stereocenters. The molecule has 5 nitrogen and oxygen atoms in total. The molecule has 0 N–H and O–H groups in total. The highest BCUT2D eigenvalue weighted by molar-refractivity contribution is 7.86. The van der Waals surface area contributed by atoms with Gasteiger partial charge in [0.2, 0.25) is 0 Å². The lowest BCUT2D eigenvalue weighted by atomic mass is 10.2. The van der Waals surface area contributed by atoms with Crippen LogP contribution in [0.25, 0.3) is 11.0 Å². The van der Waals surface area contributed by atoms with Crippen molar-refractivity contribution >= 4 is 21.2 Å². The highest BCUT2D eigenvalue weighted by Gasteiger charge is 2.32. The van der Waals surface area contributed by atoms with Crippen LogP contribution in [0.15, 0.2) is 34.7 Å². The second-order valence-electron chi connectivity index (χ2n) is 6.20. The Hall–Kier alpha value is -1.37. The number of rotatable bonds is 4. The van der Waals surface area contributed by atoms with Gasteiger partial charge in [0, 0.05) is 25.5 Å². The molecule has 1 fully saturated rings. The Morgan fingerprint density at radius 3 is 2.43 bits per heavy atom. The van der Waals surface area contributed by atoms with Crippen molar-refractivity contribution in [1.29, 1.82) is 0 Å². The van der Waals surface area contributed by atoms with Crippen molar-refractivity contribution in [2.24, 2.45) is 0 Å². The van der Waals surface area contributed by atoms with Crippen molar-refractivity contribution in [2.75, 3.05) is 20.1 Å². The summed E-state index contributed by atoms with van der Waals surface area (Å²) in [5.41, 5.74) is 0.787. The lowest BCUT2D eigenvalue weighted by Gasteiger charge is -2.29. The molecule has 3 rings (SSSR count). The predicted octanol–water partition coefficient (Wildman–Crippen LogP) is 3.55. The van der Waals surface area contributed by atoms with E-state index in [9.17, 15) is 8.42 Å². The number of benzene rings is 1. The summed E-state index contributed by atoms with van der Waals surface area (Å²) in [5.74, 6) is 0.673. The molecule has 1 aliphatic rings. The zero-order valence-corrected chi connectivity index (χ0v) is 14.6. The standard InChI is InChI=1S/C17H24N2O3S/c1-14(17-13-15-9-5-6-10-16(15)22-17)18(2)23(20,21)19-11-7-3-4-8-12-19/h5-6,9-10,13-14H,3-4,7-8,11-12H2,1-2H3. The number of hydrogen-bond donors (Lipinski definition) is 0. The van der Waals surface area contributed by atoms with Crippen LogP contribution >= 0.6 is 0 Å².